The van der Waals surface area contributed by atoms with Crippen LogP contribution < -0.4 is 0 Å². The summed E-state index contributed by atoms with van der Waals surface area (Å²) < 4.78 is 113. The van der Waals surface area contributed by atoms with Gasteiger partial charge in [0.15, 0.2) is 24.5 Å². The SMILES string of the molecule is CC(=C=[N+]1CCOCC1)C(F)(F)F.FC(F)(F)C(=CN1CC1)C(F)(F)F. The predicted octanol–water partition coefficient (Wildman–Crippen LogP) is 3.52. The second-order valence-corrected chi connectivity index (χ2v) is 5.41. The molecule has 0 saturated carbocycles. The van der Waals surface area contributed by atoms with Crippen molar-refractivity contribution in [3.63, 3.8) is 0 Å². The molecular formula is C14H16F9N2O+. The highest BCUT2D eigenvalue weighted by molar-refractivity contribution is 5.53. The average molecular weight is 399 g/mol. The highest BCUT2D eigenvalue weighted by Crippen LogP contribution is 2.39. The zero-order valence-corrected chi connectivity index (χ0v) is 13.5. The van der Waals surface area contributed by atoms with Gasteiger partial charge in [0.2, 0.25) is 0 Å². The number of rotatable bonds is 1. The molecule has 2 aliphatic rings. The molecule has 0 N–H and O–H groups in total. The van der Waals surface area contributed by atoms with E-state index in [4.69, 9.17) is 4.74 Å². The largest absolute Gasteiger partial charge is 0.425 e. The molecule has 0 atom stereocenters. The molecule has 0 spiro atoms. The van der Waals surface area contributed by atoms with Gasteiger partial charge in [0.1, 0.15) is 18.8 Å². The lowest BCUT2D eigenvalue weighted by atomic mass is 10.3. The second kappa shape index (κ2) is 8.34. The molecule has 0 aliphatic carbocycles. The Kier molecular flexibility index (Phi) is 7.17. The van der Waals surface area contributed by atoms with E-state index in [0.717, 1.165) is 11.8 Å². The Balaban J connectivity index is 0.000000260. The van der Waals surface area contributed by atoms with E-state index in [9.17, 15) is 39.5 Å². The summed E-state index contributed by atoms with van der Waals surface area (Å²) in [7, 11) is 0. The standard InChI is InChI=1S/C8H11F3NO.C6H5F6N/c1-7(8(9,10)11)6-12-2-4-13-5-3-12;7-5(8,9)4(6(10,11)12)3-13-1-2-13/h2-5H2,1H3;3H,1-2H2/q+1;. The van der Waals surface area contributed by atoms with Crippen molar-refractivity contribution in [2.24, 2.45) is 0 Å². The maximum Gasteiger partial charge on any atom is 0.425 e. The molecule has 3 nitrogen and oxygen atoms in total. The van der Waals surface area contributed by atoms with Gasteiger partial charge in [0, 0.05) is 19.3 Å². The van der Waals surface area contributed by atoms with Crippen molar-refractivity contribution >= 4 is 5.87 Å². The summed E-state index contributed by atoms with van der Waals surface area (Å²) in [6, 6.07) is 0. The predicted molar refractivity (Wildman–Crippen MR) is 72.8 cm³/mol. The van der Waals surface area contributed by atoms with E-state index in [-0.39, 0.29) is 19.3 Å². The topological polar surface area (TPSA) is 15.2 Å². The molecule has 2 heterocycles. The molecule has 0 aromatic heterocycles. The van der Waals surface area contributed by atoms with Crippen molar-refractivity contribution in [1.29, 1.82) is 0 Å². The zero-order valence-electron chi connectivity index (χ0n) is 13.5. The van der Waals surface area contributed by atoms with Crippen molar-refractivity contribution < 1.29 is 48.8 Å². The maximum absolute atomic E-state index is 12.0. The molecule has 26 heavy (non-hydrogen) atoms. The molecule has 2 rings (SSSR count). The van der Waals surface area contributed by atoms with Crippen LogP contribution in [-0.4, -0.2) is 73.3 Å². The van der Waals surface area contributed by atoms with E-state index in [1.165, 1.54) is 4.58 Å². The fraction of sp³-hybridized carbons (Fsp3) is 0.714. The summed E-state index contributed by atoms with van der Waals surface area (Å²) in [6.07, 6.45) is -14.8. The van der Waals surface area contributed by atoms with E-state index >= 15 is 0 Å². The molecule has 2 aliphatic heterocycles. The summed E-state index contributed by atoms with van der Waals surface area (Å²) >= 11 is 0. The molecule has 12 heteroatoms. The van der Waals surface area contributed by atoms with Crippen LogP contribution in [0, 0.1) is 0 Å². The smallest absolute Gasteiger partial charge is 0.373 e. The van der Waals surface area contributed by atoms with Gasteiger partial charge in [-0.15, -0.1) is 0 Å². The molecule has 2 fully saturated rings. The average Bonchev–Trinajstić information content (AvgIpc) is 3.27. The summed E-state index contributed by atoms with van der Waals surface area (Å²) in [4.78, 5) is 0.941. The van der Waals surface area contributed by atoms with Crippen molar-refractivity contribution in [1.82, 2.24) is 4.90 Å². The fourth-order valence-corrected chi connectivity index (χ4v) is 1.65. The lowest BCUT2D eigenvalue weighted by molar-refractivity contribution is -0.543. The van der Waals surface area contributed by atoms with Crippen molar-refractivity contribution in [3.05, 3.63) is 17.3 Å². The Morgan fingerprint density at radius 1 is 0.885 bits per heavy atom. The Hall–Kier alpha value is -1.68. The van der Waals surface area contributed by atoms with Crippen molar-refractivity contribution in [2.45, 2.75) is 25.5 Å². The summed E-state index contributed by atoms with van der Waals surface area (Å²) in [5, 5.41) is 0. The molecule has 0 unspecified atom stereocenters. The van der Waals surface area contributed by atoms with E-state index in [0.29, 0.717) is 26.3 Å². The zero-order chi connectivity index (χ0) is 20.2. The van der Waals surface area contributed by atoms with Gasteiger partial charge in [-0.25, -0.2) is 0 Å². The number of alkyl halides is 9. The van der Waals surface area contributed by atoms with Gasteiger partial charge in [0.25, 0.3) is 0 Å². The minimum atomic E-state index is -5.33. The normalized spacial score (nSPS) is 17.8. The Labute approximate surface area is 143 Å². The van der Waals surface area contributed by atoms with Crippen LogP contribution in [0.25, 0.3) is 0 Å². The minimum Gasteiger partial charge on any atom is -0.373 e. The fourth-order valence-electron chi connectivity index (χ4n) is 1.65. The van der Waals surface area contributed by atoms with Crippen molar-refractivity contribution in [2.75, 3.05) is 39.4 Å². The van der Waals surface area contributed by atoms with E-state index in [1.807, 2.05) is 0 Å². The number of hydrogen-bond donors (Lipinski definition) is 0. The molecule has 0 aromatic carbocycles. The number of allylic oxidation sites excluding steroid dienone is 2. The summed E-state index contributed by atoms with van der Waals surface area (Å²) in [5.74, 6) is 2.30. The van der Waals surface area contributed by atoms with Crippen LogP contribution in [0.3, 0.4) is 0 Å². The van der Waals surface area contributed by atoms with Gasteiger partial charge in [-0.1, -0.05) is 0 Å². The first-order valence-corrected chi connectivity index (χ1v) is 7.31. The molecule has 2 saturated heterocycles. The molecular weight excluding hydrogens is 383 g/mol. The number of hydrogen-bond acceptors (Lipinski definition) is 2. The molecule has 0 aromatic rings. The summed E-state index contributed by atoms with van der Waals surface area (Å²) in [6.45, 7) is 3.41. The minimum absolute atomic E-state index is 0.111. The van der Waals surface area contributed by atoms with Crippen LogP contribution in [0.1, 0.15) is 6.92 Å². The van der Waals surface area contributed by atoms with Gasteiger partial charge in [-0.05, 0) is 6.92 Å². The molecule has 0 amide bonds. The van der Waals surface area contributed by atoms with Gasteiger partial charge in [0.05, 0.1) is 0 Å². The lowest BCUT2D eigenvalue weighted by Crippen LogP contribution is -2.29. The van der Waals surface area contributed by atoms with E-state index < -0.39 is 29.7 Å². The van der Waals surface area contributed by atoms with Crippen LogP contribution in [0.2, 0.25) is 0 Å². The monoisotopic (exact) mass is 399 g/mol. The third kappa shape index (κ3) is 8.13. The van der Waals surface area contributed by atoms with Gasteiger partial charge >= 0.3 is 18.5 Å². The number of nitrogens with zero attached hydrogens (tertiary/aromatic N) is 2. The Morgan fingerprint density at radius 3 is 1.69 bits per heavy atom. The molecule has 0 bridgehead atoms. The van der Waals surface area contributed by atoms with E-state index in [2.05, 4.69) is 5.87 Å². The highest BCUT2D eigenvalue weighted by Gasteiger charge is 2.51. The second-order valence-electron chi connectivity index (χ2n) is 5.41. The van der Waals surface area contributed by atoms with Gasteiger partial charge < -0.3 is 9.64 Å². The van der Waals surface area contributed by atoms with Crippen molar-refractivity contribution in [3.8, 4) is 0 Å². The molecule has 150 valence electrons. The number of halogens is 9. The first-order chi connectivity index (χ1) is 11.7. The summed E-state index contributed by atoms with van der Waals surface area (Å²) in [5.41, 5.74) is -3.13. The number of morpholine rings is 1. The number of ether oxygens (including phenoxy) is 1. The van der Waals surface area contributed by atoms with Gasteiger partial charge in [-0.3, -0.25) is 0 Å². The lowest BCUT2D eigenvalue weighted by Gasteiger charge is -2.14. The van der Waals surface area contributed by atoms with Crippen LogP contribution in [0.4, 0.5) is 39.5 Å². The van der Waals surface area contributed by atoms with Crippen LogP contribution in [0.5, 0.6) is 0 Å². The third-order valence-corrected chi connectivity index (χ3v) is 3.17. The first kappa shape index (κ1) is 22.4. The quantitative estimate of drug-likeness (QED) is 0.381. The Morgan fingerprint density at radius 2 is 1.35 bits per heavy atom. The van der Waals surface area contributed by atoms with Crippen LogP contribution in [0.15, 0.2) is 17.3 Å². The van der Waals surface area contributed by atoms with E-state index in [1.54, 1.807) is 0 Å². The van der Waals surface area contributed by atoms with Crippen LogP contribution >= 0.6 is 0 Å². The highest BCUT2D eigenvalue weighted by atomic mass is 19.4. The Bertz CT molecular complexity index is 553. The molecule has 0 radical (unpaired) electrons. The third-order valence-electron chi connectivity index (χ3n) is 3.17. The van der Waals surface area contributed by atoms with Crippen LogP contribution in [-0.2, 0) is 4.74 Å². The van der Waals surface area contributed by atoms with Gasteiger partial charge in [-0.2, -0.15) is 44.1 Å². The maximum atomic E-state index is 12.0. The first-order valence-electron chi connectivity index (χ1n) is 7.31.